The van der Waals surface area contributed by atoms with Crippen LogP contribution in [0, 0.1) is 0 Å². The van der Waals surface area contributed by atoms with Gasteiger partial charge < -0.3 is 14.8 Å². The van der Waals surface area contributed by atoms with Crippen LogP contribution in [-0.4, -0.2) is 27.9 Å². The van der Waals surface area contributed by atoms with Gasteiger partial charge in [-0.25, -0.2) is 4.79 Å². The molecule has 1 N–H and O–H groups in total. The Morgan fingerprint density at radius 3 is 2.32 bits per heavy atom. The van der Waals surface area contributed by atoms with Crippen molar-refractivity contribution in [3.05, 3.63) is 90.8 Å². The quantitative estimate of drug-likeness (QED) is 0.465. The van der Waals surface area contributed by atoms with E-state index < -0.39 is 18.0 Å². The molecule has 154 valence electrons. The van der Waals surface area contributed by atoms with Gasteiger partial charge in [-0.15, -0.1) is 0 Å². The van der Waals surface area contributed by atoms with Gasteiger partial charge in [0.1, 0.15) is 17.0 Å². The summed E-state index contributed by atoms with van der Waals surface area (Å²) in [5.74, 6) is 0.274. The highest BCUT2D eigenvalue weighted by atomic mass is 16.5. The number of carbonyl (C=O) groups is 2. The normalized spacial score (nSPS) is 11.5. The van der Waals surface area contributed by atoms with E-state index in [9.17, 15) is 9.59 Å². The third kappa shape index (κ3) is 4.84. The number of benzene rings is 3. The molecule has 0 spiro atoms. The monoisotopic (exact) mass is 413 g/mol. The molecule has 7 heteroatoms. The maximum Gasteiger partial charge on any atom is 0.341 e. The zero-order chi connectivity index (χ0) is 21.6. The summed E-state index contributed by atoms with van der Waals surface area (Å²) in [5, 5.41) is 2.73. The van der Waals surface area contributed by atoms with Crippen molar-refractivity contribution in [3.63, 3.8) is 0 Å². The van der Waals surface area contributed by atoms with Crippen molar-refractivity contribution in [3.8, 4) is 11.5 Å². The third-order valence-corrected chi connectivity index (χ3v) is 4.47. The predicted octanol–water partition coefficient (Wildman–Crippen LogP) is 4.61. The Bertz CT molecular complexity index is 1210. The van der Waals surface area contributed by atoms with Crippen LogP contribution in [0.5, 0.6) is 11.5 Å². The van der Waals surface area contributed by atoms with Crippen molar-refractivity contribution in [2.24, 2.45) is 0 Å². The van der Waals surface area contributed by atoms with E-state index in [1.54, 1.807) is 48.7 Å². The summed E-state index contributed by atoms with van der Waals surface area (Å²) in [4.78, 5) is 33.4. The zero-order valence-corrected chi connectivity index (χ0v) is 16.7. The highest BCUT2D eigenvalue weighted by molar-refractivity contribution is 6.03. The van der Waals surface area contributed by atoms with Gasteiger partial charge in [0.15, 0.2) is 6.10 Å². The molecule has 7 nitrogen and oxygen atoms in total. The summed E-state index contributed by atoms with van der Waals surface area (Å²) in [6.45, 7) is 1.51. The Hall–Kier alpha value is -4.26. The fraction of sp³-hybridized carbons (Fsp3) is 0.0833. The summed E-state index contributed by atoms with van der Waals surface area (Å²) in [7, 11) is 0. The number of fused-ring (bicyclic) bond motifs is 1. The number of nitrogens with one attached hydrogen (secondary N) is 1. The van der Waals surface area contributed by atoms with Gasteiger partial charge in [0.25, 0.3) is 5.91 Å². The van der Waals surface area contributed by atoms with Gasteiger partial charge in [0.05, 0.1) is 11.1 Å². The maximum atomic E-state index is 12.6. The molecule has 0 aliphatic carbocycles. The Kier molecular flexibility index (Phi) is 5.84. The summed E-state index contributed by atoms with van der Waals surface area (Å²) in [6.07, 6.45) is 2.05. The van der Waals surface area contributed by atoms with E-state index in [1.807, 2.05) is 30.3 Å². The second-order valence-electron chi connectivity index (χ2n) is 6.71. The number of rotatable bonds is 6. The minimum absolute atomic E-state index is 0.257. The van der Waals surface area contributed by atoms with Crippen LogP contribution in [0.3, 0.4) is 0 Å². The minimum atomic E-state index is -1.00. The predicted molar refractivity (Wildman–Crippen MR) is 116 cm³/mol. The SMILES string of the molecule is CC(OC(=O)c1cccc2nccnc12)C(=O)Nc1ccc(Oc2ccccc2)cc1. The van der Waals surface area contributed by atoms with Gasteiger partial charge in [0, 0.05) is 18.1 Å². The molecule has 4 aromatic rings. The Morgan fingerprint density at radius 2 is 1.55 bits per heavy atom. The smallest absolute Gasteiger partial charge is 0.341 e. The Labute approximate surface area is 178 Å². The van der Waals surface area contributed by atoms with Gasteiger partial charge in [-0.3, -0.25) is 14.8 Å². The van der Waals surface area contributed by atoms with Gasteiger partial charge in [0.2, 0.25) is 0 Å². The third-order valence-electron chi connectivity index (χ3n) is 4.47. The van der Waals surface area contributed by atoms with E-state index >= 15 is 0 Å². The number of para-hydroxylation sites is 2. The van der Waals surface area contributed by atoms with Crippen LogP contribution < -0.4 is 10.1 Å². The molecule has 0 bridgehead atoms. The molecule has 1 atom stereocenters. The van der Waals surface area contributed by atoms with E-state index in [1.165, 1.54) is 13.1 Å². The van der Waals surface area contributed by atoms with Gasteiger partial charge >= 0.3 is 5.97 Å². The van der Waals surface area contributed by atoms with Crippen LogP contribution in [0.15, 0.2) is 85.2 Å². The largest absolute Gasteiger partial charge is 0.457 e. The first-order valence-electron chi connectivity index (χ1n) is 9.65. The molecule has 0 saturated heterocycles. The molecular weight excluding hydrogens is 394 g/mol. The molecule has 1 unspecified atom stereocenters. The summed E-state index contributed by atoms with van der Waals surface area (Å²) < 4.78 is 11.1. The number of esters is 1. The van der Waals surface area contributed by atoms with Crippen molar-refractivity contribution in [2.45, 2.75) is 13.0 Å². The van der Waals surface area contributed by atoms with E-state index in [0.717, 1.165) is 5.75 Å². The lowest BCUT2D eigenvalue weighted by Gasteiger charge is -2.14. The second-order valence-corrected chi connectivity index (χ2v) is 6.71. The topological polar surface area (TPSA) is 90.4 Å². The molecule has 31 heavy (non-hydrogen) atoms. The lowest BCUT2D eigenvalue weighted by atomic mass is 10.2. The average Bonchev–Trinajstić information content (AvgIpc) is 2.80. The first-order chi connectivity index (χ1) is 15.1. The molecule has 0 fully saturated rings. The van der Waals surface area contributed by atoms with Crippen molar-refractivity contribution < 1.29 is 19.1 Å². The van der Waals surface area contributed by atoms with Crippen molar-refractivity contribution in [2.75, 3.05) is 5.32 Å². The van der Waals surface area contributed by atoms with Crippen LogP contribution >= 0.6 is 0 Å². The van der Waals surface area contributed by atoms with Crippen LogP contribution in [0.2, 0.25) is 0 Å². The molecule has 1 aromatic heterocycles. The highest BCUT2D eigenvalue weighted by Crippen LogP contribution is 2.23. The molecule has 3 aromatic carbocycles. The van der Waals surface area contributed by atoms with Crippen molar-refractivity contribution in [1.29, 1.82) is 0 Å². The van der Waals surface area contributed by atoms with Gasteiger partial charge in [-0.1, -0.05) is 24.3 Å². The summed E-state index contributed by atoms with van der Waals surface area (Å²) in [6, 6.07) is 21.3. The van der Waals surface area contributed by atoms with E-state index in [0.29, 0.717) is 22.5 Å². The lowest BCUT2D eigenvalue weighted by Crippen LogP contribution is -2.30. The number of hydrogen-bond acceptors (Lipinski definition) is 6. The number of nitrogens with zero attached hydrogens (tertiary/aromatic N) is 2. The fourth-order valence-electron chi connectivity index (χ4n) is 2.91. The maximum absolute atomic E-state index is 12.6. The van der Waals surface area contributed by atoms with Crippen LogP contribution in [0.1, 0.15) is 17.3 Å². The first kappa shape index (κ1) is 20.0. The molecular formula is C24H19N3O4. The fourth-order valence-corrected chi connectivity index (χ4v) is 2.91. The number of hydrogen-bond donors (Lipinski definition) is 1. The first-order valence-corrected chi connectivity index (χ1v) is 9.65. The summed E-state index contributed by atoms with van der Waals surface area (Å²) >= 11 is 0. The van der Waals surface area contributed by atoms with Crippen LogP contribution in [0.25, 0.3) is 11.0 Å². The lowest BCUT2D eigenvalue weighted by molar-refractivity contribution is -0.123. The molecule has 0 radical (unpaired) electrons. The van der Waals surface area contributed by atoms with Crippen molar-refractivity contribution >= 4 is 28.6 Å². The summed E-state index contributed by atoms with van der Waals surface area (Å²) in [5.41, 5.74) is 1.82. The molecule has 4 rings (SSSR count). The standard InChI is InChI=1S/C24H19N3O4/c1-16(30-24(29)20-8-5-9-21-22(20)26-15-14-25-21)23(28)27-17-10-12-19(13-11-17)31-18-6-3-2-4-7-18/h2-16H,1H3,(H,27,28). The second kappa shape index (κ2) is 9.04. The van der Waals surface area contributed by atoms with Crippen LogP contribution in [-0.2, 0) is 9.53 Å². The van der Waals surface area contributed by atoms with E-state index in [2.05, 4.69) is 15.3 Å². The van der Waals surface area contributed by atoms with Gasteiger partial charge in [-0.2, -0.15) is 0 Å². The zero-order valence-electron chi connectivity index (χ0n) is 16.7. The average molecular weight is 413 g/mol. The molecule has 1 heterocycles. The van der Waals surface area contributed by atoms with Crippen molar-refractivity contribution in [1.82, 2.24) is 9.97 Å². The van der Waals surface area contributed by atoms with Crippen LogP contribution in [0.4, 0.5) is 5.69 Å². The number of carbonyl (C=O) groups excluding carboxylic acids is 2. The highest BCUT2D eigenvalue weighted by Gasteiger charge is 2.21. The molecule has 0 aliphatic heterocycles. The van der Waals surface area contributed by atoms with E-state index in [4.69, 9.17) is 9.47 Å². The molecule has 1 amide bonds. The Balaban J connectivity index is 1.37. The van der Waals surface area contributed by atoms with E-state index in [-0.39, 0.29) is 5.56 Å². The number of amides is 1. The minimum Gasteiger partial charge on any atom is -0.457 e. The molecule has 0 aliphatic rings. The number of aromatic nitrogens is 2. The van der Waals surface area contributed by atoms with Gasteiger partial charge in [-0.05, 0) is 55.5 Å². The Morgan fingerprint density at radius 1 is 0.839 bits per heavy atom. The number of anilines is 1. The number of ether oxygens (including phenoxy) is 2. The molecule has 0 saturated carbocycles.